The normalized spacial score (nSPS) is 12.1. The lowest BCUT2D eigenvalue weighted by molar-refractivity contribution is -0.120. The van der Waals surface area contributed by atoms with Gasteiger partial charge in [0.25, 0.3) is 0 Å². The second-order valence-electron chi connectivity index (χ2n) is 7.29. The van der Waals surface area contributed by atoms with Crippen molar-refractivity contribution in [1.82, 2.24) is 5.32 Å². The highest BCUT2D eigenvalue weighted by molar-refractivity contribution is 7.92. The number of aryl methyl sites for hydroxylation is 1. The number of amides is 1. The number of ether oxygens (including phenoxy) is 1. The lowest BCUT2D eigenvalue weighted by atomic mass is 9.98. The molecule has 1 atom stereocenters. The fourth-order valence-electron chi connectivity index (χ4n) is 3.27. The van der Waals surface area contributed by atoms with E-state index in [2.05, 4.69) is 5.32 Å². The van der Waals surface area contributed by atoms with E-state index < -0.39 is 22.0 Å². The van der Waals surface area contributed by atoms with Gasteiger partial charge in [-0.3, -0.25) is 9.10 Å². The molecule has 0 bridgehead atoms. The SMILES string of the molecule is COc1cccc(N(CC(=O)NC(c2ccccc2)c2ccc(C)cc2)S(C)(=O)=O)c1. The fourth-order valence-corrected chi connectivity index (χ4v) is 4.11. The second kappa shape index (κ2) is 9.66. The number of anilines is 1. The Hall–Kier alpha value is -3.32. The van der Waals surface area contributed by atoms with E-state index in [0.29, 0.717) is 11.4 Å². The lowest BCUT2D eigenvalue weighted by Gasteiger charge is -2.25. The van der Waals surface area contributed by atoms with Crippen LogP contribution in [0.3, 0.4) is 0 Å². The van der Waals surface area contributed by atoms with Crippen LogP contribution in [0.5, 0.6) is 5.75 Å². The van der Waals surface area contributed by atoms with Crippen LogP contribution in [0.15, 0.2) is 78.9 Å². The molecule has 3 aromatic carbocycles. The molecular formula is C24H26N2O4S. The van der Waals surface area contributed by atoms with Crippen LogP contribution in [0.1, 0.15) is 22.7 Å². The molecule has 3 rings (SSSR count). The average molecular weight is 439 g/mol. The third-order valence-corrected chi connectivity index (χ3v) is 6.02. The quantitative estimate of drug-likeness (QED) is 0.582. The van der Waals surface area contributed by atoms with Crippen LogP contribution in [-0.4, -0.2) is 34.2 Å². The van der Waals surface area contributed by atoms with Crippen molar-refractivity contribution in [2.24, 2.45) is 0 Å². The first kappa shape index (κ1) is 22.4. The van der Waals surface area contributed by atoms with Crippen molar-refractivity contribution in [3.63, 3.8) is 0 Å². The third-order valence-electron chi connectivity index (χ3n) is 4.88. The Balaban J connectivity index is 1.88. The molecule has 1 N–H and O–H groups in total. The minimum Gasteiger partial charge on any atom is -0.497 e. The summed E-state index contributed by atoms with van der Waals surface area (Å²) in [4.78, 5) is 13.0. The van der Waals surface area contributed by atoms with Gasteiger partial charge in [0.2, 0.25) is 15.9 Å². The van der Waals surface area contributed by atoms with Gasteiger partial charge >= 0.3 is 0 Å². The summed E-state index contributed by atoms with van der Waals surface area (Å²) in [5, 5.41) is 2.99. The Morgan fingerprint density at radius 1 is 0.968 bits per heavy atom. The molecule has 6 nitrogen and oxygen atoms in total. The van der Waals surface area contributed by atoms with Gasteiger partial charge in [-0.1, -0.05) is 66.2 Å². The molecule has 0 saturated carbocycles. The molecule has 0 aliphatic carbocycles. The van der Waals surface area contributed by atoms with Crippen LogP contribution >= 0.6 is 0 Å². The van der Waals surface area contributed by atoms with Crippen molar-refractivity contribution in [3.05, 3.63) is 95.6 Å². The predicted octanol–water partition coefficient (Wildman–Crippen LogP) is 3.68. The molecule has 0 saturated heterocycles. The van der Waals surface area contributed by atoms with Crippen LogP contribution in [-0.2, 0) is 14.8 Å². The van der Waals surface area contributed by atoms with E-state index in [1.807, 2.05) is 61.5 Å². The third kappa shape index (κ3) is 5.86. The van der Waals surface area contributed by atoms with Gasteiger partial charge < -0.3 is 10.1 Å². The highest BCUT2D eigenvalue weighted by atomic mass is 32.2. The summed E-state index contributed by atoms with van der Waals surface area (Å²) in [5.74, 6) is 0.0936. The Kier molecular flexibility index (Phi) is 6.97. The first-order valence-corrected chi connectivity index (χ1v) is 11.7. The van der Waals surface area contributed by atoms with Crippen LogP contribution in [0.2, 0.25) is 0 Å². The minimum absolute atomic E-state index is 0.346. The molecule has 0 radical (unpaired) electrons. The fraction of sp³-hybridized carbons (Fsp3) is 0.208. The second-order valence-corrected chi connectivity index (χ2v) is 9.20. The van der Waals surface area contributed by atoms with Crippen molar-refractivity contribution in [2.75, 3.05) is 24.2 Å². The van der Waals surface area contributed by atoms with Gasteiger partial charge in [-0.2, -0.15) is 0 Å². The number of carbonyl (C=O) groups excluding carboxylic acids is 1. The molecule has 0 aliphatic heterocycles. The van der Waals surface area contributed by atoms with E-state index in [1.165, 1.54) is 7.11 Å². The standard InChI is InChI=1S/C24H26N2O4S/c1-18-12-14-20(15-13-18)24(19-8-5-4-6-9-19)25-23(27)17-26(31(3,28)29)21-10-7-11-22(16-21)30-2/h4-16,24H,17H2,1-3H3,(H,25,27). The van der Waals surface area contributed by atoms with Crippen molar-refractivity contribution >= 4 is 21.6 Å². The Morgan fingerprint density at radius 3 is 2.23 bits per heavy atom. The monoisotopic (exact) mass is 438 g/mol. The molecule has 0 spiro atoms. The van der Waals surface area contributed by atoms with Crippen molar-refractivity contribution in [2.45, 2.75) is 13.0 Å². The first-order valence-electron chi connectivity index (χ1n) is 9.80. The number of carbonyl (C=O) groups is 1. The Labute approximate surface area is 183 Å². The van der Waals surface area contributed by atoms with Crippen molar-refractivity contribution < 1.29 is 17.9 Å². The molecule has 0 fully saturated rings. The summed E-state index contributed by atoms with van der Waals surface area (Å²) in [6.07, 6.45) is 1.08. The summed E-state index contributed by atoms with van der Waals surface area (Å²) in [7, 11) is -2.19. The molecule has 0 heterocycles. The summed E-state index contributed by atoms with van der Waals surface area (Å²) >= 11 is 0. The number of benzene rings is 3. The molecule has 7 heteroatoms. The molecule has 1 unspecified atom stereocenters. The highest BCUT2D eigenvalue weighted by Gasteiger charge is 2.24. The van der Waals surface area contributed by atoms with Gasteiger partial charge in [0.1, 0.15) is 12.3 Å². The molecular weight excluding hydrogens is 412 g/mol. The maximum Gasteiger partial charge on any atom is 0.241 e. The number of nitrogens with one attached hydrogen (secondary N) is 1. The van der Waals surface area contributed by atoms with Gasteiger partial charge in [-0.25, -0.2) is 8.42 Å². The summed E-state index contributed by atoms with van der Waals surface area (Å²) in [5.41, 5.74) is 3.30. The van der Waals surface area contributed by atoms with Gasteiger partial charge in [0.15, 0.2) is 0 Å². The zero-order valence-corrected chi connectivity index (χ0v) is 18.6. The summed E-state index contributed by atoms with van der Waals surface area (Å²) in [6, 6.07) is 23.7. The van der Waals surface area contributed by atoms with Gasteiger partial charge in [0, 0.05) is 6.07 Å². The van der Waals surface area contributed by atoms with E-state index in [0.717, 1.165) is 27.3 Å². The van der Waals surface area contributed by atoms with E-state index >= 15 is 0 Å². The number of sulfonamides is 1. The van der Waals surface area contributed by atoms with Crippen LogP contribution in [0.25, 0.3) is 0 Å². The summed E-state index contributed by atoms with van der Waals surface area (Å²) in [6.45, 7) is 1.65. The molecule has 3 aromatic rings. The van der Waals surface area contributed by atoms with E-state index in [9.17, 15) is 13.2 Å². The molecule has 162 valence electrons. The summed E-state index contributed by atoms with van der Waals surface area (Å²) < 4.78 is 31.1. The lowest BCUT2D eigenvalue weighted by Crippen LogP contribution is -2.41. The largest absolute Gasteiger partial charge is 0.497 e. The first-order chi connectivity index (χ1) is 14.8. The maximum atomic E-state index is 13.0. The topological polar surface area (TPSA) is 75.7 Å². The van der Waals surface area contributed by atoms with Crippen LogP contribution in [0, 0.1) is 6.92 Å². The number of rotatable bonds is 8. The predicted molar refractivity (Wildman–Crippen MR) is 123 cm³/mol. The Morgan fingerprint density at radius 2 is 1.61 bits per heavy atom. The number of nitrogens with zero attached hydrogens (tertiary/aromatic N) is 1. The van der Waals surface area contributed by atoms with E-state index in [1.54, 1.807) is 24.3 Å². The minimum atomic E-state index is -3.69. The van der Waals surface area contributed by atoms with Gasteiger partial charge in [-0.15, -0.1) is 0 Å². The molecule has 31 heavy (non-hydrogen) atoms. The van der Waals surface area contributed by atoms with Crippen LogP contribution in [0.4, 0.5) is 5.69 Å². The van der Waals surface area contributed by atoms with E-state index in [-0.39, 0.29) is 6.54 Å². The Bertz CT molecular complexity index is 1130. The average Bonchev–Trinajstić information content (AvgIpc) is 2.76. The van der Waals surface area contributed by atoms with E-state index in [4.69, 9.17) is 4.74 Å². The molecule has 1 amide bonds. The number of hydrogen-bond acceptors (Lipinski definition) is 4. The van der Waals surface area contributed by atoms with Crippen LogP contribution < -0.4 is 14.4 Å². The smallest absolute Gasteiger partial charge is 0.241 e. The zero-order chi connectivity index (χ0) is 22.4. The molecule has 0 aliphatic rings. The van der Waals surface area contributed by atoms with Gasteiger partial charge in [0.05, 0.1) is 25.1 Å². The maximum absolute atomic E-state index is 13.0. The van der Waals surface area contributed by atoms with Crippen molar-refractivity contribution in [1.29, 1.82) is 0 Å². The molecule has 0 aromatic heterocycles. The zero-order valence-electron chi connectivity index (χ0n) is 17.8. The van der Waals surface area contributed by atoms with Crippen molar-refractivity contribution in [3.8, 4) is 5.75 Å². The number of hydrogen-bond donors (Lipinski definition) is 1. The number of methoxy groups -OCH3 is 1. The van der Waals surface area contributed by atoms with Gasteiger partial charge in [-0.05, 0) is 30.2 Å². The highest BCUT2D eigenvalue weighted by Crippen LogP contribution is 2.25.